The van der Waals surface area contributed by atoms with Gasteiger partial charge in [-0.3, -0.25) is 4.79 Å². The van der Waals surface area contributed by atoms with Gasteiger partial charge in [0.25, 0.3) is 15.0 Å². The predicted octanol–water partition coefficient (Wildman–Crippen LogP) is 3.18. The lowest BCUT2D eigenvalue weighted by molar-refractivity contribution is 0.0740. The number of halogens is 2. The normalized spacial score (nSPS) is 12.3. The quantitative estimate of drug-likeness (QED) is 0.797. The zero-order chi connectivity index (χ0) is 16.6. The highest BCUT2D eigenvalue weighted by molar-refractivity contribution is 8.13. The van der Waals surface area contributed by atoms with Gasteiger partial charge in [-0.25, -0.2) is 12.8 Å². The standard InChI is InChI=1S/C14H19ClFNO3S/c1-9-6-11(16)10(7-12(9)21(15,19)20)13(18)17(5)8-14(2,3)4/h6-7H,8H2,1-5H3. The third-order valence-electron chi connectivity index (χ3n) is 2.82. The van der Waals surface area contributed by atoms with E-state index in [9.17, 15) is 17.6 Å². The molecule has 0 saturated heterocycles. The van der Waals surface area contributed by atoms with Gasteiger partial charge >= 0.3 is 0 Å². The van der Waals surface area contributed by atoms with Gasteiger partial charge in [0, 0.05) is 24.3 Å². The molecule has 0 aliphatic rings. The first-order valence-corrected chi connectivity index (χ1v) is 8.64. The van der Waals surface area contributed by atoms with E-state index in [4.69, 9.17) is 10.7 Å². The largest absolute Gasteiger partial charge is 0.341 e. The van der Waals surface area contributed by atoms with Gasteiger partial charge < -0.3 is 4.90 Å². The summed E-state index contributed by atoms with van der Waals surface area (Å²) in [6.45, 7) is 7.65. The summed E-state index contributed by atoms with van der Waals surface area (Å²) >= 11 is 0. The Labute approximate surface area is 129 Å². The second-order valence-electron chi connectivity index (χ2n) is 6.26. The summed E-state index contributed by atoms with van der Waals surface area (Å²) in [6, 6.07) is 2.00. The van der Waals surface area contributed by atoms with Gasteiger partial charge in [0.05, 0.1) is 10.5 Å². The van der Waals surface area contributed by atoms with E-state index < -0.39 is 20.8 Å². The number of nitrogens with zero attached hydrogens (tertiary/aromatic N) is 1. The Bertz CT molecular complexity index is 666. The van der Waals surface area contributed by atoms with Crippen LogP contribution < -0.4 is 0 Å². The van der Waals surface area contributed by atoms with E-state index in [0.717, 1.165) is 12.1 Å². The Morgan fingerprint density at radius 1 is 1.33 bits per heavy atom. The fraction of sp³-hybridized carbons (Fsp3) is 0.500. The van der Waals surface area contributed by atoms with Crippen LogP contribution in [-0.4, -0.2) is 32.8 Å². The molecule has 0 aliphatic heterocycles. The minimum absolute atomic E-state index is 0.160. The first-order chi connectivity index (χ1) is 9.33. The van der Waals surface area contributed by atoms with E-state index in [0.29, 0.717) is 6.54 Å². The summed E-state index contributed by atoms with van der Waals surface area (Å²) in [6.07, 6.45) is 0. The number of carbonyl (C=O) groups is 1. The molecule has 0 radical (unpaired) electrons. The molecule has 0 saturated carbocycles. The van der Waals surface area contributed by atoms with Crippen molar-refractivity contribution in [1.82, 2.24) is 4.90 Å². The molecule has 7 heteroatoms. The molecule has 0 heterocycles. The average Bonchev–Trinajstić information content (AvgIpc) is 2.23. The summed E-state index contributed by atoms with van der Waals surface area (Å²) in [5, 5.41) is 0. The van der Waals surface area contributed by atoms with E-state index >= 15 is 0 Å². The maximum atomic E-state index is 14.0. The number of carbonyl (C=O) groups excluding carboxylic acids is 1. The Morgan fingerprint density at radius 3 is 2.29 bits per heavy atom. The molecule has 4 nitrogen and oxygen atoms in total. The van der Waals surface area contributed by atoms with Crippen LogP contribution in [-0.2, 0) is 9.05 Å². The summed E-state index contributed by atoms with van der Waals surface area (Å²) < 4.78 is 36.9. The Morgan fingerprint density at radius 2 is 1.86 bits per heavy atom. The number of benzene rings is 1. The summed E-state index contributed by atoms with van der Waals surface area (Å²) in [7, 11) is 2.81. The predicted molar refractivity (Wildman–Crippen MR) is 80.6 cm³/mol. The van der Waals surface area contributed by atoms with Crippen molar-refractivity contribution in [2.24, 2.45) is 5.41 Å². The topological polar surface area (TPSA) is 54.5 Å². The zero-order valence-electron chi connectivity index (χ0n) is 12.7. The van der Waals surface area contributed by atoms with Crippen LogP contribution in [0, 0.1) is 18.2 Å². The van der Waals surface area contributed by atoms with Crippen LogP contribution >= 0.6 is 10.7 Å². The van der Waals surface area contributed by atoms with E-state index in [1.165, 1.54) is 11.8 Å². The third kappa shape index (κ3) is 4.68. The molecule has 1 amide bonds. The second kappa shape index (κ2) is 5.93. The number of hydrogen-bond acceptors (Lipinski definition) is 3. The third-order valence-corrected chi connectivity index (χ3v) is 4.28. The van der Waals surface area contributed by atoms with Crippen LogP contribution in [0.4, 0.5) is 4.39 Å². The SMILES string of the molecule is Cc1cc(F)c(C(=O)N(C)CC(C)(C)C)cc1S(=O)(=O)Cl. The smallest absolute Gasteiger partial charge is 0.261 e. The van der Waals surface area contributed by atoms with Gasteiger partial charge in [0.1, 0.15) is 5.82 Å². The molecule has 118 valence electrons. The van der Waals surface area contributed by atoms with Gasteiger partial charge in [-0.05, 0) is 30.0 Å². The molecular formula is C14H19ClFNO3S. The van der Waals surface area contributed by atoms with Gasteiger partial charge in [0.15, 0.2) is 0 Å². The summed E-state index contributed by atoms with van der Waals surface area (Å²) in [5.41, 5.74) is -0.295. The second-order valence-corrected chi connectivity index (χ2v) is 8.79. The zero-order valence-corrected chi connectivity index (χ0v) is 14.3. The van der Waals surface area contributed by atoms with Crippen LogP contribution in [0.5, 0.6) is 0 Å². The lowest BCUT2D eigenvalue weighted by Crippen LogP contribution is -2.35. The van der Waals surface area contributed by atoms with Crippen LogP contribution in [0.15, 0.2) is 17.0 Å². The number of amides is 1. The molecule has 1 aromatic carbocycles. The molecular weight excluding hydrogens is 317 g/mol. The van der Waals surface area contributed by atoms with E-state index in [1.807, 2.05) is 20.8 Å². The molecule has 1 aromatic rings. The minimum Gasteiger partial charge on any atom is -0.341 e. The van der Waals surface area contributed by atoms with Crippen molar-refractivity contribution >= 4 is 25.6 Å². The molecule has 0 atom stereocenters. The first-order valence-electron chi connectivity index (χ1n) is 6.33. The fourth-order valence-corrected chi connectivity index (χ4v) is 3.27. The molecule has 0 bridgehead atoms. The van der Waals surface area contributed by atoms with Gasteiger partial charge in [-0.15, -0.1) is 0 Å². The van der Waals surface area contributed by atoms with Crippen molar-refractivity contribution in [3.63, 3.8) is 0 Å². The van der Waals surface area contributed by atoms with Crippen molar-refractivity contribution in [3.8, 4) is 0 Å². The van der Waals surface area contributed by atoms with Crippen molar-refractivity contribution in [2.75, 3.05) is 13.6 Å². The average molecular weight is 336 g/mol. The molecule has 0 fully saturated rings. The maximum Gasteiger partial charge on any atom is 0.261 e. The van der Waals surface area contributed by atoms with E-state index in [2.05, 4.69) is 0 Å². The lowest BCUT2D eigenvalue weighted by Gasteiger charge is -2.27. The van der Waals surface area contributed by atoms with E-state index in [1.54, 1.807) is 7.05 Å². The lowest BCUT2D eigenvalue weighted by atomic mass is 9.96. The Hall–Kier alpha value is -1.14. The Kier molecular flexibility index (Phi) is 5.05. The number of rotatable bonds is 3. The van der Waals surface area contributed by atoms with Crippen molar-refractivity contribution < 1.29 is 17.6 Å². The van der Waals surface area contributed by atoms with Crippen molar-refractivity contribution in [2.45, 2.75) is 32.6 Å². The Balaban J connectivity index is 3.28. The van der Waals surface area contributed by atoms with Gasteiger partial charge in [-0.2, -0.15) is 0 Å². The number of aryl methyl sites for hydroxylation is 1. The van der Waals surface area contributed by atoms with Crippen LogP contribution in [0.25, 0.3) is 0 Å². The molecule has 1 rings (SSSR count). The van der Waals surface area contributed by atoms with Crippen molar-refractivity contribution in [3.05, 3.63) is 29.1 Å². The first kappa shape index (κ1) is 17.9. The highest BCUT2D eigenvalue weighted by Gasteiger charge is 2.24. The maximum absolute atomic E-state index is 14.0. The molecule has 0 spiro atoms. The highest BCUT2D eigenvalue weighted by atomic mass is 35.7. The molecule has 0 unspecified atom stereocenters. The number of hydrogen-bond donors (Lipinski definition) is 0. The van der Waals surface area contributed by atoms with Crippen LogP contribution in [0.2, 0.25) is 0 Å². The minimum atomic E-state index is -4.03. The fourth-order valence-electron chi connectivity index (χ4n) is 2.07. The molecule has 0 aromatic heterocycles. The summed E-state index contributed by atoms with van der Waals surface area (Å²) in [5.74, 6) is -1.34. The van der Waals surface area contributed by atoms with E-state index in [-0.39, 0.29) is 21.4 Å². The summed E-state index contributed by atoms with van der Waals surface area (Å²) in [4.78, 5) is 13.4. The monoisotopic (exact) mass is 335 g/mol. The van der Waals surface area contributed by atoms with Crippen LogP contribution in [0.3, 0.4) is 0 Å². The van der Waals surface area contributed by atoms with Crippen molar-refractivity contribution in [1.29, 1.82) is 0 Å². The molecule has 0 aliphatic carbocycles. The van der Waals surface area contributed by atoms with Gasteiger partial charge in [-0.1, -0.05) is 20.8 Å². The highest BCUT2D eigenvalue weighted by Crippen LogP contribution is 2.25. The van der Waals surface area contributed by atoms with Crippen LogP contribution in [0.1, 0.15) is 36.7 Å². The molecule has 21 heavy (non-hydrogen) atoms. The molecule has 0 N–H and O–H groups in total. The van der Waals surface area contributed by atoms with Gasteiger partial charge in [0.2, 0.25) is 0 Å².